The van der Waals surface area contributed by atoms with Crippen LogP contribution in [0.3, 0.4) is 0 Å². The normalized spacial score (nSPS) is 10.4. The predicted octanol–water partition coefficient (Wildman–Crippen LogP) is 2.28. The lowest BCUT2D eigenvalue weighted by molar-refractivity contribution is 0.103. The molecule has 3 heterocycles. The minimum atomic E-state index is -0.154. The summed E-state index contributed by atoms with van der Waals surface area (Å²) in [6.07, 6.45) is 6.52. The van der Waals surface area contributed by atoms with Crippen molar-refractivity contribution >= 4 is 22.9 Å². The van der Waals surface area contributed by atoms with Crippen LogP contribution >= 0.6 is 11.3 Å². The van der Waals surface area contributed by atoms with Crippen LogP contribution in [0.5, 0.6) is 0 Å². The Hall–Kier alpha value is -2.54. The number of hydrogen-bond acceptors (Lipinski definition) is 5. The molecule has 1 amide bonds. The maximum atomic E-state index is 12.0. The zero-order valence-electron chi connectivity index (χ0n) is 10.6. The highest BCUT2D eigenvalue weighted by Crippen LogP contribution is 2.15. The first kappa shape index (κ1) is 12.5. The number of aromatic nitrogens is 4. The van der Waals surface area contributed by atoms with Crippen molar-refractivity contribution in [1.29, 1.82) is 0 Å². The molecule has 0 unspecified atom stereocenters. The molecule has 6 nitrogen and oxygen atoms in total. The van der Waals surface area contributed by atoms with Crippen molar-refractivity contribution in [2.45, 2.75) is 6.92 Å². The van der Waals surface area contributed by atoms with Crippen LogP contribution < -0.4 is 5.32 Å². The van der Waals surface area contributed by atoms with Crippen LogP contribution in [0, 0.1) is 6.92 Å². The summed E-state index contributed by atoms with van der Waals surface area (Å²) in [6, 6.07) is 3.64. The number of carbonyl (C=O) groups is 1. The number of amides is 1. The molecule has 0 fully saturated rings. The molecule has 3 rings (SSSR count). The van der Waals surface area contributed by atoms with E-state index in [0.717, 1.165) is 5.56 Å². The standard InChI is InChI=1S/C13H11N5OS/c1-9-5-11(20-8-9)12(19)17-10-6-14-13(15-7-10)18-4-2-3-16-18/h2-8H,1H3,(H,17,19). The van der Waals surface area contributed by atoms with Gasteiger partial charge in [-0.05, 0) is 30.0 Å². The molecule has 0 radical (unpaired) electrons. The Balaban J connectivity index is 1.74. The first-order valence-corrected chi connectivity index (χ1v) is 6.79. The van der Waals surface area contributed by atoms with Gasteiger partial charge in [0, 0.05) is 12.4 Å². The van der Waals surface area contributed by atoms with Crippen LogP contribution in [0.4, 0.5) is 5.69 Å². The van der Waals surface area contributed by atoms with Crippen LogP contribution in [-0.2, 0) is 0 Å². The van der Waals surface area contributed by atoms with E-state index in [4.69, 9.17) is 0 Å². The minimum Gasteiger partial charge on any atom is -0.319 e. The summed E-state index contributed by atoms with van der Waals surface area (Å²) in [5.74, 6) is 0.304. The quantitative estimate of drug-likeness (QED) is 0.801. The zero-order valence-corrected chi connectivity index (χ0v) is 11.5. The Morgan fingerprint density at radius 2 is 2.15 bits per heavy atom. The molecule has 0 aliphatic rings. The van der Waals surface area contributed by atoms with E-state index in [1.165, 1.54) is 11.3 Å². The van der Waals surface area contributed by atoms with Crippen molar-refractivity contribution < 1.29 is 4.79 Å². The summed E-state index contributed by atoms with van der Waals surface area (Å²) < 4.78 is 1.55. The molecule has 20 heavy (non-hydrogen) atoms. The second kappa shape index (κ2) is 5.22. The summed E-state index contributed by atoms with van der Waals surface area (Å²) in [5, 5.41) is 8.73. The Morgan fingerprint density at radius 1 is 1.35 bits per heavy atom. The lowest BCUT2D eigenvalue weighted by Gasteiger charge is -2.03. The van der Waals surface area contributed by atoms with Crippen molar-refractivity contribution in [2.24, 2.45) is 0 Å². The summed E-state index contributed by atoms with van der Waals surface area (Å²) in [6.45, 7) is 1.95. The number of rotatable bonds is 3. The molecule has 0 aliphatic heterocycles. The van der Waals surface area contributed by atoms with Crippen LogP contribution in [0.25, 0.3) is 5.95 Å². The van der Waals surface area contributed by atoms with Gasteiger partial charge < -0.3 is 5.32 Å². The highest BCUT2D eigenvalue weighted by Gasteiger charge is 2.09. The van der Waals surface area contributed by atoms with Crippen LogP contribution in [0.15, 0.2) is 42.3 Å². The molecule has 0 spiro atoms. The van der Waals surface area contributed by atoms with Gasteiger partial charge in [-0.1, -0.05) is 0 Å². The van der Waals surface area contributed by atoms with Gasteiger partial charge in [-0.15, -0.1) is 11.3 Å². The Kier molecular flexibility index (Phi) is 3.26. The number of anilines is 1. The molecule has 100 valence electrons. The predicted molar refractivity (Wildman–Crippen MR) is 76.2 cm³/mol. The van der Waals surface area contributed by atoms with E-state index in [1.807, 2.05) is 18.4 Å². The lowest BCUT2D eigenvalue weighted by atomic mass is 10.3. The van der Waals surface area contributed by atoms with Crippen molar-refractivity contribution in [3.63, 3.8) is 0 Å². The molecule has 0 bridgehead atoms. The van der Waals surface area contributed by atoms with Gasteiger partial charge in [-0.3, -0.25) is 4.79 Å². The van der Waals surface area contributed by atoms with Gasteiger partial charge in [0.15, 0.2) is 0 Å². The SMILES string of the molecule is Cc1csc(C(=O)Nc2cnc(-n3cccn3)nc2)c1. The van der Waals surface area contributed by atoms with E-state index >= 15 is 0 Å². The highest BCUT2D eigenvalue weighted by atomic mass is 32.1. The number of nitrogens with zero attached hydrogens (tertiary/aromatic N) is 4. The first-order chi connectivity index (χ1) is 9.72. The zero-order chi connectivity index (χ0) is 13.9. The molecule has 0 saturated carbocycles. The largest absolute Gasteiger partial charge is 0.319 e. The average Bonchev–Trinajstić information content (AvgIpc) is 3.10. The second-order valence-electron chi connectivity index (χ2n) is 4.16. The van der Waals surface area contributed by atoms with E-state index in [9.17, 15) is 4.79 Å². The van der Waals surface area contributed by atoms with Gasteiger partial charge in [-0.25, -0.2) is 14.6 Å². The van der Waals surface area contributed by atoms with Crippen molar-refractivity contribution in [3.8, 4) is 5.95 Å². The van der Waals surface area contributed by atoms with E-state index in [1.54, 1.807) is 35.5 Å². The number of carbonyl (C=O) groups excluding carboxylic acids is 1. The smallest absolute Gasteiger partial charge is 0.265 e. The van der Waals surface area contributed by atoms with Crippen molar-refractivity contribution in [2.75, 3.05) is 5.32 Å². The minimum absolute atomic E-state index is 0.154. The molecular formula is C13H11N5OS. The van der Waals surface area contributed by atoms with Crippen molar-refractivity contribution in [1.82, 2.24) is 19.7 Å². The Morgan fingerprint density at radius 3 is 2.75 bits per heavy atom. The fraction of sp³-hybridized carbons (Fsp3) is 0.0769. The Labute approximate surface area is 119 Å². The third-order valence-electron chi connectivity index (χ3n) is 2.56. The monoisotopic (exact) mass is 285 g/mol. The van der Waals surface area contributed by atoms with Gasteiger partial charge in [0.2, 0.25) is 0 Å². The molecule has 3 aromatic heterocycles. The maximum Gasteiger partial charge on any atom is 0.265 e. The molecule has 1 N–H and O–H groups in total. The average molecular weight is 285 g/mol. The van der Waals surface area contributed by atoms with Gasteiger partial charge in [-0.2, -0.15) is 5.10 Å². The molecule has 0 saturated heterocycles. The molecule has 0 aliphatic carbocycles. The van der Waals surface area contributed by atoms with Gasteiger partial charge >= 0.3 is 0 Å². The fourth-order valence-corrected chi connectivity index (χ4v) is 2.43. The topological polar surface area (TPSA) is 72.7 Å². The molecule has 0 atom stereocenters. The first-order valence-electron chi connectivity index (χ1n) is 5.91. The molecule has 3 aromatic rings. The van der Waals surface area contributed by atoms with E-state index in [-0.39, 0.29) is 5.91 Å². The second-order valence-corrected chi connectivity index (χ2v) is 5.08. The molecular weight excluding hydrogens is 274 g/mol. The van der Waals surface area contributed by atoms with E-state index in [0.29, 0.717) is 16.5 Å². The Bertz CT molecular complexity index is 718. The third-order valence-corrected chi connectivity index (χ3v) is 3.61. The fourth-order valence-electron chi connectivity index (χ4n) is 1.63. The third kappa shape index (κ3) is 2.57. The van der Waals surface area contributed by atoms with E-state index in [2.05, 4.69) is 20.4 Å². The van der Waals surface area contributed by atoms with E-state index < -0.39 is 0 Å². The lowest BCUT2D eigenvalue weighted by Crippen LogP contribution is -2.11. The number of aryl methyl sites for hydroxylation is 1. The van der Waals surface area contributed by atoms with Gasteiger partial charge in [0.25, 0.3) is 11.9 Å². The van der Waals surface area contributed by atoms with Gasteiger partial charge in [0.1, 0.15) is 0 Å². The summed E-state index contributed by atoms with van der Waals surface area (Å²) in [4.78, 5) is 20.9. The van der Waals surface area contributed by atoms with Crippen LogP contribution in [0.2, 0.25) is 0 Å². The molecule has 7 heteroatoms. The number of thiophene rings is 1. The summed E-state index contributed by atoms with van der Waals surface area (Å²) in [5.41, 5.74) is 1.63. The van der Waals surface area contributed by atoms with Crippen LogP contribution in [0.1, 0.15) is 15.2 Å². The molecule has 0 aromatic carbocycles. The highest BCUT2D eigenvalue weighted by molar-refractivity contribution is 7.12. The maximum absolute atomic E-state index is 12.0. The summed E-state index contributed by atoms with van der Waals surface area (Å²) in [7, 11) is 0. The number of nitrogens with one attached hydrogen (secondary N) is 1. The van der Waals surface area contributed by atoms with Crippen LogP contribution in [-0.4, -0.2) is 25.7 Å². The van der Waals surface area contributed by atoms with Gasteiger partial charge in [0.05, 0.1) is 23.0 Å². The summed E-state index contributed by atoms with van der Waals surface area (Å²) >= 11 is 1.41. The van der Waals surface area contributed by atoms with Crippen molar-refractivity contribution in [3.05, 3.63) is 52.7 Å². The number of hydrogen-bond donors (Lipinski definition) is 1.